The number of halogens is 3. The van der Waals surface area contributed by atoms with Gasteiger partial charge in [0.05, 0.1) is 24.0 Å². The Hall–Kier alpha value is -3.57. The van der Waals surface area contributed by atoms with Gasteiger partial charge in [-0.05, 0) is 44.7 Å². The second kappa shape index (κ2) is 7.78. The number of hydrogen-bond donors (Lipinski definition) is 1. The maximum absolute atomic E-state index is 13.7. The van der Waals surface area contributed by atoms with Gasteiger partial charge < -0.3 is 10.2 Å². The standard InChI is InChI=1S/C21H21F3N8O/c1-11-3-4-16(32-27-5-6-28-32)18(29-11)19(33)31-12(2)13-7-15(17(31)8-13)30-20-25-9-14(10-26-20)21(22,23)24/h3-6,9-10,12-13,15,17H,7-8H2,1-2H3,(H,25,26,30)/t12-,13-,15-,17+/m1/s1. The first-order valence-corrected chi connectivity index (χ1v) is 10.5. The van der Waals surface area contributed by atoms with Gasteiger partial charge in [0.15, 0.2) is 5.69 Å². The number of aromatic nitrogens is 6. The topological polar surface area (TPSA) is 102 Å². The lowest BCUT2D eigenvalue weighted by molar-refractivity contribution is -0.138. The van der Waals surface area contributed by atoms with Crippen LogP contribution in [0, 0.1) is 12.8 Å². The number of fused-ring (bicyclic) bond motifs is 2. The molecule has 1 saturated heterocycles. The third kappa shape index (κ3) is 3.79. The van der Waals surface area contributed by atoms with Crippen LogP contribution in [-0.2, 0) is 6.18 Å². The summed E-state index contributed by atoms with van der Waals surface area (Å²) in [5.41, 5.74) is 0.534. The molecule has 1 aliphatic heterocycles. The van der Waals surface area contributed by atoms with E-state index in [2.05, 4.69) is 30.5 Å². The zero-order valence-corrected chi connectivity index (χ0v) is 17.9. The summed E-state index contributed by atoms with van der Waals surface area (Å²) in [6.45, 7) is 3.82. The van der Waals surface area contributed by atoms with Gasteiger partial charge in [0.1, 0.15) is 5.69 Å². The zero-order chi connectivity index (χ0) is 23.3. The van der Waals surface area contributed by atoms with Gasteiger partial charge in [-0.3, -0.25) is 4.79 Å². The van der Waals surface area contributed by atoms with Crippen LogP contribution < -0.4 is 5.32 Å². The maximum Gasteiger partial charge on any atom is 0.419 e. The van der Waals surface area contributed by atoms with Crippen molar-refractivity contribution in [2.75, 3.05) is 5.32 Å². The Morgan fingerprint density at radius 1 is 1.12 bits per heavy atom. The fraction of sp³-hybridized carbons (Fsp3) is 0.429. The molecule has 2 fully saturated rings. The summed E-state index contributed by atoms with van der Waals surface area (Å²) in [7, 11) is 0. The molecule has 2 aliphatic rings. The zero-order valence-electron chi connectivity index (χ0n) is 17.9. The fourth-order valence-electron chi connectivity index (χ4n) is 4.82. The predicted octanol–water partition coefficient (Wildman–Crippen LogP) is 2.88. The minimum atomic E-state index is -4.49. The number of carbonyl (C=O) groups excluding carboxylic acids is 1. The van der Waals surface area contributed by atoms with Gasteiger partial charge in [-0.25, -0.2) is 15.0 Å². The van der Waals surface area contributed by atoms with Gasteiger partial charge in [0, 0.05) is 30.2 Å². The van der Waals surface area contributed by atoms with Crippen LogP contribution in [0.1, 0.15) is 41.5 Å². The first-order valence-electron chi connectivity index (χ1n) is 10.5. The molecule has 12 heteroatoms. The lowest BCUT2D eigenvalue weighted by atomic mass is 9.97. The van der Waals surface area contributed by atoms with Crippen molar-refractivity contribution in [2.45, 2.75) is 51.0 Å². The van der Waals surface area contributed by atoms with Crippen molar-refractivity contribution in [3.63, 3.8) is 0 Å². The Balaban J connectivity index is 1.40. The Labute approximate surface area is 187 Å². The van der Waals surface area contributed by atoms with Gasteiger partial charge in [-0.2, -0.15) is 23.4 Å². The van der Waals surface area contributed by atoms with E-state index in [0.717, 1.165) is 25.2 Å². The SMILES string of the molecule is Cc1ccc(-n2nccn2)c(C(=O)N2[C@H](C)[C@@H]3C[C@@H](Nc4ncc(C(F)(F)F)cn4)[C@@H]2C3)n1. The molecule has 0 aromatic carbocycles. The molecular weight excluding hydrogens is 437 g/mol. The van der Waals surface area contributed by atoms with Crippen LogP contribution in [0.25, 0.3) is 5.69 Å². The molecule has 1 aliphatic carbocycles. The second-order valence-corrected chi connectivity index (χ2v) is 8.43. The number of pyridine rings is 1. The number of piperidine rings is 1. The Bertz CT molecular complexity index is 1170. The van der Waals surface area contributed by atoms with E-state index < -0.39 is 11.7 Å². The van der Waals surface area contributed by atoms with Crippen LogP contribution in [0.5, 0.6) is 0 Å². The van der Waals surface area contributed by atoms with Crippen LogP contribution in [0.15, 0.2) is 36.9 Å². The van der Waals surface area contributed by atoms with Crippen molar-refractivity contribution < 1.29 is 18.0 Å². The van der Waals surface area contributed by atoms with Gasteiger partial charge in [-0.15, -0.1) is 4.80 Å². The van der Waals surface area contributed by atoms with Crippen molar-refractivity contribution in [1.82, 2.24) is 34.8 Å². The highest BCUT2D eigenvalue weighted by Gasteiger charge is 2.52. The summed E-state index contributed by atoms with van der Waals surface area (Å²) >= 11 is 0. The molecular formula is C21H21F3N8O. The molecule has 0 unspecified atom stereocenters. The largest absolute Gasteiger partial charge is 0.419 e. The molecule has 1 N–H and O–H groups in total. The summed E-state index contributed by atoms with van der Waals surface area (Å²) in [6, 6.07) is 3.21. The van der Waals surface area contributed by atoms with Crippen molar-refractivity contribution >= 4 is 11.9 Å². The van der Waals surface area contributed by atoms with Gasteiger partial charge in [-0.1, -0.05) is 0 Å². The number of amides is 1. The normalized spacial score (nSPS) is 24.3. The Morgan fingerprint density at radius 2 is 1.82 bits per heavy atom. The van der Waals surface area contributed by atoms with Crippen LogP contribution in [0.4, 0.5) is 19.1 Å². The predicted molar refractivity (Wildman–Crippen MR) is 110 cm³/mol. The summed E-state index contributed by atoms with van der Waals surface area (Å²) in [4.78, 5) is 29.0. The Morgan fingerprint density at radius 3 is 2.45 bits per heavy atom. The minimum Gasteiger partial charge on any atom is -0.349 e. The van der Waals surface area contributed by atoms with Crippen LogP contribution in [-0.4, -0.2) is 58.9 Å². The number of hydrogen-bond acceptors (Lipinski definition) is 7. The van der Waals surface area contributed by atoms with Crippen LogP contribution >= 0.6 is 0 Å². The van der Waals surface area contributed by atoms with E-state index >= 15 is 0 Å². The third-order valence-electron chi connectivity index (χ3n) is 6.42. The molecule has 0 radical (unpaired) electrons. The number of anilines is 1. The van der Waals surface area contributed by atoms with Gasteiger partial charge >= 0.3 is 6.18 Å². The minimum absolute atomic E-state index is 0.00480. The number of likely N-dealkylation sites (tertiary alicyclic amines) is 1. The number of aryl methyl sites for hydroxylation is 1. The van der Waals surface area contributed by atoms with Crippen molar-refractivity contribution in [3.05, 3.63) is 53.9 Å². The molecule has 5 rings (SSSR count). The van der Waals surface area contributed by atoms with E-state index in [1.807, 2.05) is 18.7 Å². The molecule has 2 bridgehead atoms. The van der Waals surface area contributed by atoms with E-state index in [1.165, 1.54) is 17.2 Å². The third-order valence-corrected chi connectivity index (χ3v) is 6.42. The average molecular weight is 458 g/mol. The molecule has 9 nitrogen and oxygen atoms in total. The van der Waals surface area contributed by atoms with Crippen LogP contribution in [0.2, 0.25) is 0 Å². The van der Waals surface area contributed by atoms with E-state index in [9.17, 15) is 18.0 Å². The smallest absolute Gasteiger partial charge is 0.349 e. The summed E-state index contributed by atoms with van der Waals surface area (Å²) < 4.78 is 38.4. The monoisotopic (exact) mass is 458 g/mol. The summed E-state index contributed by atoms with van der Waals surface area (Å²) in [6.07, 6.45) is 1.63. The van der Waals surface area contributed by atoms with Crippen molar-refractivity contribution in [1.29, 1.82) is 0 Å². The molecule has 3 aromatic heterocycles. The first kappa shape index (κ1) is 21.3. The highest BCUT2D eigenvalue weighted by Crippen LogP contribution is 2.44. The quantitative estimate of drug-likeness (QED) is 0.642. The highest BCUT2D eigenvalue weighted by molar-refractivity contribution is 5.96. The van der Waals surface area contributed by atoms with E-state index in [4.69, 9.17) is 0 Å². The molecule has 172 valence electrons. The summed E-state index contributed by atoms with van der Waals surface area (Å²) in [5, 5.41) is 11.4. The van der Waals surface area contributed by atoms with E-state index in [0.29, 0.717) is 11.4 Å². The fourth-order valence-corrected chi connectivity index (χ4v) is 4.82. The van der Waals surface area contributed by atoms with Gasteiger partial charge in [0.2, 0.25) is 5.95 Å². The number of nitrogens with zero attached hydrogens (tertiary/aromatic N) is 7. The number of rotatable bonds is 4. The number of alkyl halides is 3. The van der Waals surface area contributed by atoms with Crippen molar-refractivity contribution in [3.8, 4) is 5.69 Å². The molecule has 4 heterocycles. The van der Waals surface area contributed by atoms with Gasteiger partial charge in [0.25, 0.3) is 5.91 Å². The highest BCUT2D eigenvalue weighted by atomic mass is 19.4. The molecule has 3 aromatic rings. The second-order valence-electron chi connectivity index (χ2n) is 8.43. The lowest BCUT2D eigenvalue weighted by Gasteiger charge is -2.38. The van der Waals surface area contributed by atoms with Crippen LogP contribution in [0.3, 0.4) is 0 Å². The molecule has 33 heavy (non-hydrogen) atoms. The molecule has 1 saturated carbocycles. The van der Waals surface area contributed by atoms with E-state index in [-0.39, 0.29) is 41.6 Å². The number of nitrogens with one attached hydrogen (secondary N) is 1. The Kier molecular flexibility index (Phi) is 5.02. The average Bonchev–Trinajstić information content (AvgIpc) is 3.50. The maximum atomic E-state index is 13.7. The first-order chi connectivity index (χ1) is 15.7. The van der Waals surface area contributed by atoms with Crippen molar-refractivity contribution in [2.24, 2.45) is 5.92 Å². The number of carbonyl (C=O) groups is 1. The molecule has 1 amide bonds. The molecule has 0 spiro atoms. The lowest BCUT2D eigenvalue weighted by Crippen LogP contribution is -2.52. The molecule has 4 atom stereocenters. The summed E-state index contributed by atoms with van der Waals surface area (Å²) in [5.74, 6) is 0.128. The van der Waals surface area contributed by atoms with E-state index in [1.54, 1.807) is 12.1 Å².